The third kappa shape index (κ3) is 1.48. The Kier molecular flexibility index (Phi) is 2.65. The molecule has 1 aromatic carbocycles. The maximum absolute atomic E-state index is 5.90. The lowest BCUT2D eigenvalue weighted by Crippen LogP contribution is -2.11. The largest absolute Gasteiger partial charge is 0.490 e. The molecule has 2 N–H and O–H groups in total. The first-order chi connectivity index (χ1) is 6.74. The highest BCUT2D eigenvalue weighted by molar-refractivity contribution is 9.10. The maximum Gasteiger partial charge on any atom is 0.167 e. The van der Waals surface area contributed by atoms with E-state index >= 15 is 0 Å². The summed E-state index contributed by atoms with van der Waals surface area (Å²) in [7, 11) is 0. The van der Waals surface area contributed by atoms with Crippen LogP contribution >= 0.6 is 15.9 Å². The predicted molar refractivity (Wildman–Crippen MR) is 57.7 cm³/mol. The quantitative estimate of drug-likeness (QED) is 0.884. The number of benzene rings is 1. The molecule has 3 nitrogen and oxygen atoms in total. The molecule has 1 heterocycles. The molecule has 1 atom stereocenters. The fraction of sp³-hybridized carbons (Fsp3) is 0.400. The molecule has 2 rings (SSSR count). The molecule has 1 aliphatic rings. The number of hydrogen-bond donors (Lipinski definition) is 1. The van der Waals surface area contributed by atoms with Crippen LogP contribution < -0.4 is 15.2 Å². The van der Waals surface area contributed by atoms with Crippen molar-refractivity contribution in [2.45, 2.75) is 13.0 Å². The molecule has 0 unspecified atom stereocenters. The number of nitrogens with two attached hydrogens (primary N) is 1. The highest BCUT2D eigenvalue weighted by atomic mass is 79.9. The molecule has 0 spiro atoms. The van der Waals surface area contributed by atoms with Crippen LogP contribution in [0.1, 0.15) is 18.5 Å². The van der Waals surface area contributed by atoms with Crippen LogP contribution in [0, 0.1) is 0 Å². The summed E-state index contributed by atoms with van der Waals surface area (Å²) in [6.45, 7) is 3.11. The summed E-state index contributed by atoms with van der Waals surface area (Å²) in [5, 5.41) is 0. The minimum Gasteiger partial charge on any atom is -0.490 e. The maximum atomic E-state index is 5.90. The predicted octanol–water partition coefficient (Wildman–Crippen LogP) is 2.24. The first-order valence-electron chi connectivity index (χ1n) is 4.57. The van der Waals surface area contributed by atoms with Crippen LogP contribution in [0.15, 0.2) is 16.6 Å². The first kappa shape index (κ1) is 9.80. The smallest absolute Gasteiger partial charge is 0.167 e. The summed E-state index contributed by atoms with van der Waals surface area (Å²) >= 11 is 3.46. The van der Waals surface area contributed by atoms with Crippen molar-refractivity contribution in [2.24, 2.45) is 5.73 Å². The van der Waals surface area contributed by atoms with E-state index in [1.165, 1.54) is 0 Å². The van der Waals surface area contributed by atoms with E-state index in [4.69, 9.17) is 15.2 Å². The van der Waals surface area contributed by atoms with Crippen molar-refractivity contribution in [1.82, 2.24) is 0 Å². The van der Waals surface area contributed by atoms with Gasteiger partial charge in [0.2, 0.25) is 0 Å². The number of fused-ring (bicyclic) bond motifs is 1. The molecule has 0 aliphatic carbocycles. The highest BCUT2D eigenvalue weighted by Gasteiger charge is 2.26. The van der Waals surface area contributed by atoms with E-state index in [0.29, 0.717) is 13.2 Å². The number of hydrogen-bond acceptors (Lipinski definition) is 3. The van der Waals surface area contributed by atoms with E-state index < -0.39 is 0 Å². The summed E-state index contributed by atoms with van der Waals surface area (Å²) in [6, 6.07) is 3.78. The van der Waals surface area contributed by atoms with Crippen LogP contribution in [0.2, 0.25) is 0 Å². The molecule has 1 aromatic rings. The van der Waals surface area contributed by atoms with Crippen LogP contribution in [-0.2, 0) is 0 Å². The number of halogens is 1. The van der Waals surface area contributed by atoms with Gasteiger partial charge in [0.1, 0.15) is 6.61 Å². The van der Waals surface area contributed by atoms with E-state index in [1.807, 2.05) is 19.1 Å². The van der Waals surface area contributed by atoms with E-state index in [2.05, 4.69) is 15.9 Å². The minimum absolute atomic E-state index is 0.0558. The van der Waals surface area contributed by atoms with Gasteiger partial charge in [-0.25, -0.2) is 0 Å². The first-order valence-corrected chi connectivity index (χ1v) is 5.37. The molecule has 14 heavy (non-hydrogen) atoms. The van der Waals surface area contributed by atoms with E-state index in [1.54, 1.807) is 0 Å². The fourth-order valence-electron chi connectivity index (χ4n) is 1.58. The molecule has 0 amide bonds. The van der Waals surface area contributed by atoms with Crippen LogP contribution in [0.3, 0.4) is 0 Å². The average molecular weight is 258 g/mol. The van der Waals surface area contributed by atoms with E-state index in [0.717, 1.165) is 21.5 Å². The Bertz CT molecular complexity index is 354. The molecular formula is C10H12BrNO2. The second-order valence-electron chi connectivity index (χ2n) is 3.14. The van der Waals surface area contributed by atoms with Crippen molar-refractivity contribution >= 4 is 15.9 Å². The average Bonchev–Trinajstić information content (AvgIpc) is 2.54. The fourth-order valence-corrected chi connectivity index (χ4v) is 2.18. The topological polar surface area (TPSA) is 44.5 Å². The van der Waals surface area contributed by atoms with Crippen LogP contribution in [0.4, 0.5) is 0 Å². The van der Waals surface area contributed by atoms with E-state index in [9.17, 15) is 0 Å². The number of ether oxygens (including phenoxy) is 2. The molecule has 0 bridgehead atoms. The number of rotatable bonds is 2. The standard InChI is InChI=1S/C10H12BrNO2/c1-2-13-8-4-3-6(11)9-7(12)5-14-10(8)9/h3-4,7H,2,5,12H2,1H3/t7-/m1/s1. The summed E-state index contributed by atoms with van der Waals surface area (Å²) in [6.07, 6.45) is 0. The molecule has 0 saturated heterocycles. The van der Waals surface area contributed by atoms with E-state index in [-0.39, 0.29) is 6.04 Å². The Morgan fingerprint density at radius 2 is 2.43 bits per heavy atom. The Labute approximate surface area is 91.3 Å². The Balaban J connectivity index is 2.47. The van der Waals surface area contributed by atoms with Crippen molar-refractivity contribution in [1.29, 1.82) is 0 Å². The third-order valence-corrected chi connectivity index (χ3v) is 2.88. The molecule has 0 aromatic heterocycles. The van der Waals surface area contributed by atoms with Gasteiger partial charge in [-0.15, -0.1) is 0 Å². The lowest BCUT2D eigenvalue weighted by Gasteiger charge is -2.09. The molecule has 0 fully saturated rings. The van der Waals surface area contributed by atoms with Gasteiger partial charge in [0.05, 0.1) is 12.6 Å². The van der Waals surface area contributed by atoms with Gasteiger partial charge in [-0.05, 0) is 19.1 Å². The molecular weight excluding hydrogens is 246 g/mol. The van der Waals surface area contributed by atoms with Gasteiger partial charge < -0.3 is 15.2 Å². The van der Waals surface area contributed by atoms with Crippen molar-refractivity contribution in [2.75, 3.05) is 13.2 Å². The molecule has 0 radical (unpaired) electrons. The third-order valence-electron chi connectivity index (χ3n) is 2.18. The lowest BCUT2D eigenvalue weighted by molar-refractivity contribution is 0.290. The SMILES string of the molecule is CCOc1ccc(Br)c2c1OC[C@H]2N. The van der Waals surface area contributed by atoms with Crippen molar-refractivity contribution in [3.8, 4) is 11.5 Å². The minimum atomic E-state index is -0.0558. The molecule has 4 heteroatoms. The lowest BCUT2D eigenvalue weighted by atomic mass is 10.1. The molecule has 76 valence electrons. The van der Waals surface area contributed by atoms with Gasteiger partial charge in [-0.2, -0.15) is 0 Å². The monoisotopic (exact) mass is 257 g/mol. The second-order valence-corrected chi connectivity index (χ2v) is 3.99. The Hall–Kier alpha value is -0.740. The zero-order valence-corrected chi connectivity index (χ0v) is 9.50. The summed E-state index contributed by atoms with van der Waals surface area (Å²) in [5.41, 5.74) is 6.91. The van der Waals surface area contributed by atoms with Gasteiger partial charge >= 0.3 is 0 Å². The van der Waals surface area contributed by atoms with Gasteiger partial charge in [-0.1, -0.05) is 15.9 Å². The van der Waals surface area contributed by atoms with Crippen molar-refractivity contribution in [3.63, 3.8) is 0 Å². The molecule has 1 aliphatic heterocycles. The summed E-state index contributed by atoms with van der Waals surface area (Å²) in [4.78, 5) is 0. The molecule has 0 saturated carbocycles. The van der Waals surface area contributed by atoms with Crippen LogP contribution in [0.5, 0.6) is 11.5 Å². The normalized spacial score (nSPS) is 18.9. The van der Waals surface area contributed by atoms with Crippen molar-refractivity contribution < 1.29 is 9.47 Å². The van der Waals surface area contributed by atoms with Crippen LogP contribution in [0.25, 0.3) is 0 Å². The highest BCUT2D eigenvalue weighted by Crippen LogP contribution is 2.43. The van der Waals surface area contributed by atoms with Gasteiger partial charge in [0.15, 0.2) is 11.5 Å². The van der Waals surface area contributed by atoms with Gasteiger partial charge in [0, 0.05) is 10.0 Å². The zero-order valence-electron chi connectivity index (χ0n) is 7.92. The Morgan fingerprint density at radius 1 is 1.64 bits per heavy atom. The summed E-state index contributed by atoms with van der Waals surface area (Å²) in [5.74, 6) is 1.56. The Morgan fingerprint density at radius 3 is 3.14 bits per heavy atom. The van der Waals surface area contributed by atoms with Gasteiger partial charge in [0.25, 0.3) is 0 Å². The van der Waals surface area contributed by atoms with Crippen molar-refractivity contribution in [3.05, 3.63) is 22.2 Å². The second kappa shape index (κ2) is 3.79. The van der Waals surface area contributed by atoms with Crippen LogP contribution in [-0.4, -0.2) is 13.2 Å². The van der Waals surface area contributed by atoms with Gasteiger partial charge in [-0.3, -0.25) is 0 Å². The zero-order chi connectivity index (χ0) is 10.1. The summed E-state index contributed by atoms with van der Waals surface area (Å²) < 4.78 is 11.9.